The summed E-state index contributed by atoms with van der Waals surface area (Å²) in [5, 5.41) is 18.5. The maximum Gasteiger partial charge on any atom is 0.0937 e. The fourth-order valence-electron chi connectivity index (χ4n) is 2.08. The Morgan fingerprint density at radius 3 is 2.69 bits per heavy atom. The van der Waals surface area contributed by atoms with E-state index in [1.54, 1.807) is 0 Å². The zero-order chi connectivity index (χ0) is 11.8. The van der Waals surface area contributed by atoms with Crippen LogP contribution in [-0.2, 0) is 0 Å². The average Bonchev–Trinajstić information content (AvgIpc) is 2.29. The molecule has 0 aliphatic heterocycles. The molecule has 1 aliphatic carbocycles. The van der Waals surface area contributed by atoms with Crippen molar-refractivity contribution in [2.75, 3.05) is 0 Å². The van der Waals surface area contributed by atoms with Crippen LogP contribution in [0.1, 0.15) is 29.5 Å². The lowest BCUT2D eigenvalue weighted by Gasteiger charge is -2.28. The number of rotatable bonds is 0. The van der Waals surface area contributed by atoms with E-state index in [9.17, 15) is 10.5 Å². The minimum absolute atomic E-state index is 0.377. The molecule has 78 valence electrons. The van der Waals surface area contributed by atoms with Gasteiger partial charge in [-0.15, -0.1) is 0 Å². The molecule has 0 saturated carbocycles. The van der Waals surface area contributed by atoms with Gasteiger partial charge in [-0.05, 0) is 25.0 Å². The van der Waals surface area contributed by atoms with Gasteiger partial charge in [-0.25, -0.2) is 0 Å². The zero-order valence-corrected chi connectivity index (χ0v) is 9.36. The molecular weight excluding hydrogens is 196 g/mol. The number of nitrogens with zero attached hydrogens (tertiary/aromatic N) is 2. The van der Waals surface area contributed by atoms with Crippen molar-refractivity contribution in [3.05, 3.63) is 41.0 Å². The molecule has 16 heavy (non-hydrogen) atoms. The summed E-state index contributed by atoms with van der Waals surface area (Å²) >= 11 is 0. The van der Waals surface area contributed by atoms with Crippen molar-refractivity contribution in [2.45, 2.75) is 19.8 Å². The van der Waals surface area contributed by atoms with Crippen molar-refractivity contribution in [2.24, 2.45) is 5.41 Å². The summed E-state index contributed by atoms with van der Waals surface area (Å²) in [5.41, 5.74) is 2.42. The summed E-state index contributed by atoms with van der Waals surface area (Å²) in [6.45, 7) is 3.80. The minimum atomic E-state index is -0.713. The third kappa shape index (κ3) is 1.40. The van der Waals surface area contributed by atoms with E-state index >= 15 is 0 Å². The highest BCUT2D eigenvalue weighted by Gasteiger charge is 2.37. The van der Waals surface area contributed by atoms with Crippen molar-refractivity contribution in [1.29, 1.82) is 10.5 Å². The minimum Gasteiger partial charge on any atom is -0.198 e. The molecule has 2 rings (SSSR count). The molecule has 0 aromatic heterocycles. The van der Waals surface area contributed by atoms with Gasteiger partial charge in [0.15, 0.2) is 0 Å². The average molecular weight is 208 g/mol. The van der Waals surface area contributed by atoms with E-state index in [4.69, 9.17) is 0 Å². The van der Waals surface area contributed by atoms with Crippen molar-refractivity contribution >= 4 is 6.08 Å². The van der Waals surface area contributed by atoms with Gasteiger partial charge in [-0.3, -0.25) is 0 Å². The van der Waals surface area contributed by atoms with E-state index in [2.05, 4.69) is 12.1 Å². The first kappa shape index (κ1) is 10.5. The quantitative estimate of drug-likeness (QED) is 0.657. The molecule has 0 radical (unpaired) electrons. The number of hydrogen-bond acceptors (Lipinski definition) is 2. The molecule has 2 unspecified atom stereocenters. The summed E-state index contributed by atoms with van der Waals surface area (Å²) in [7, 11) is 0. The Hall–Kier alpha value is -2.06. The van der Waals surface area contributed by atoms with Gasteiger partial charge >= 0.3 is 0 Å². The number of fused-ring (bicyclic) bond motifs is 1. The molecule has 0 spiro atoms. The molecule has 0 saturated heterocycles. The predicted octanol–water partition coefficient (Wildman–Crippen LogP) is 3.16. The molecule has 0 N–H and O–H groups in total. The number of allylic oxidation sites excluding steroid dienone is 1. The molecule has 0 fully saturated rings. The molecule has 2 nitrogen and oxygen atoms in total. The van der Waals surface area contributed by atoms with E-state index in [0.29, 0.717) is 0 Å². The Bertz CT molecular complexity index is 543. The topological polar surface area (TPSA) is 47.6 Å². The number of nitriles is 2. The first-order valence-corrected chi connectivity index (χ1v) is 5.21. The first-order chi connectivity index (χ1) is 7.60. The summed E-state index contributed by atoms with van der Waals surface area (Å²) < 4.78 is 0. The Labute approximate surface area is 95.4 Å². The van der Waals surface area contributed by atoms with Crippen LogP contribution < -0.4 is 0 Å². The lowest BCUT2D eigenvalue weighted by Crippen LogP contribution is -2.23. The third-order valence-corrected chi connectivity index (χ3v) is 3.13. The van der Waals surface area contributed by atoms with E-state index < -0.39 is 5.41 Å². The van der Waals surface area contributed by atoms with Crippen LogP contribution in [-0.4, -0.2) is 0 Å². The van der Waals surface area contributed by atoms with Gasteiger partial charge in [0.05, 0.1) is 23.5 Å². The molecule has 0 bridgehead atoms. The zero-order valence-electron chi connectivity index (χ0n) is 9.36. The highest BCUT2D eigenvalue weighted by atomic mass is 14.4. The van der Waals surface area contributed by atoms with E-state index in [1.165, 1.54) is 0 Å². The number of aryl methyl sites for hydroxylation is 1. The van der Waals surface area contributed by atoms with Crippen molar-refractivity contribution in [1.82, 2.24) is 0 Å². The van der Waals surface area contributed by atoms with Crippen LogP contribution in [0.5, 0.6) is 0 Å². The molecule has 2 atom stereocenters. The Kier molecular flexibility index (Phi) is 2.29. The van der Waals surface area contributed by atoms with Crippen LogP contribution in [0.2, 0.25) is 0 Å². The van der Waals surface area contributed by atoms with Crippen molar-refractivity contribution in [3.63, 3.8) is 0 Å². The second-order valence-electron chi connectivity index (χ2n) is 4.42. The van der Waals surface area contributed by atoms with Crippen LogP contribution in [0.3, 0.4) is 0 Å². The second kappa shape index (κ2) is 3.51. The molecular formula is C14H12N2. The number of benzene rings is 1. The summed E-state index contributed by atoms with van der Waals surface area (Å²) in [6.07, 6.45) is 3.77. The maximum absolute atomic E-state index is 9.26. The van der Waals surface area contributed by atoms with Crippen molar-refractivity contribution < 1.29 is 0 Å². The van der Waals surface area contributed by atoms with E-state index in [0.717, 1.165) is 16.7 Å². The van der Waals surface area contributed by atoms with Gasteiger partial charge < -0.3 is 0 Å². The molecule has 0 amide bonds. The van der Waals surface area contributed by atoms with Crippen LogP contribution in [0.4, 0.5) is 0 Å². The van der Waals surface area contributed by atoms with Crippen LogP contribution in [0, 0.1) is 35.0 Å². The van der Waals surface area contributed by atoms with Crippen molar-refractivity contribution in [3.8, 4) is 12.1 Å². The predicted molar refractivity (Wildman–Crippen MR) is 62.3 cm³/mol. The van der Waals surface area contributed by atoms with Crippen LogP contribution in [0.15, 0.2) is 24.3 Å². The highest BCUT2D eigenvalue weighted by molar-refractivity contribution is 5.63. The third-order valence-electron chi connectivity index (χ3n) is 3.13. The van der Waals surface area contributed by atoms with Gasteiger partial charge in [0.2, 0.25) is 0 Å². The molecule has 0 heterocycles. The maximum atomic E-state index is 9.26. The summed E-state index contributed by atoms with van der Waals surface area (Å²) in [5.74, 6) is -0.377. The summed E-state index contributed by atoms with van der Waals surface area (Å²) in [4.78, 5) is 0. The monoisotopic (exact) mass is 208 g/mol. The number of hydrogen-bond donors (Lipinski definition) is 0. The summed E-state index contributed by atoms with van der Waals surface area (Å²) in [6, 6.07) is 10.5. The van der Waals surface area contributed by atoms with E-state index in [1.807, 2.05) is 44.2 Å². The lowest BCUT2D eigenvalue weighted by atomic mass is 9.70. The SMILES string of the molecule is Cc1ccc2c(c1)C(C#N)C(C)(C#N)C=C2. The van der Waals surface area contributed by atoms with Gasteiger partial charge in [-0.2, -0.15) is 10.5 Å². The smallest absolute Gasteiger partial charge is 0.0937 e. The molecule has 1 aromatic carbocycles. The molecule has 2 heteroatoms. The molecule has 1 aliphatic rings. The van der Waals surface area contributed by atoms with Crippen LogP contribution >= 0.6 is 0 Å². The largest absolute Gasteiger partial charge is 0.198 e. The molecule has 1 aromatic rings. The van der Waals surface area contributed by atoms with Gasteiger partial charge in [0.25, 0.3) is 0 Å². The Balaban J connectivity index is 2.66. The Morgan fingerprint density at radius 1 is 1.31 bits per heavy atom. The normalized spacial score (nSPS) is 26.6. The standard InChI is InChI=1S/C14H12N2/c1-10-3-4-11-5-6-14(2,9-16)13(8-15)12(11)7-10/h3-7,13H,1-2H3. The lowest BCUT2D eigenvalue weighted by molar-refractivity contribution is 0.507. The fourth-order valence-corrected chi connectivity index (χ4v) is 2.08. The van der Waals surface area contributed by atoms with Gasteiger partial charge in [-0.1, -0.05) is 35.9 Å². The van der Waals surface area contributed by atoms with Gasteiger partial charge in [0.1, 0.15) is 0 Å². The first-order valence-electron chi connectivity index (χ1n) is 5.21. The second-order valence-corrected chi connectivity index (χ2v) is 4.42. The van der Waals surface area contributed by atoms with Gasteiger partial charge in [0, 0.05) is 0 Å². The van der Waals surface area contributed by atoms with E-state index in [-0.39, 0.29) is 5.92 Å². The van der Waals surface area contributed by atoms with Crippen LogP contribution in [0.25, 0.3) is 6.08 Å². The highest BCUT2D eigenvalue weighted by Crippen LogP contribution is 2.42. The fraction of sp³-hybridized carbons (Fsp3) is 0.286. The Morgan fingerprint density at radius 2 is 2.06 bits per heavy atom.